The van der Waals surface area contributed by atoms with E-state index in [0.29, 0.717) is 6.42 Å². The quantitative estimate of drug-likeness (QED) is 0.505. The third-order valence-corrected chi connectivity index (χ3v) is 3.61. The van der Waals surface area contributed by atoms with E-state index in [9.17, 15) is 9.59 Å². The van der Waals surface area contributed by atoms with Crippen molar-refractivity contribution in [3.8, 4) is 0 Å². The summed E-state index contributed by atoms with van der Waals surface area (Å²) >= 11 is 0. The molecule has 1 rings (SSSR count). The van der Waals surface area contributed by atoms with Crippen LogP contribution in [0.3, 0.4) is 0 Å². The van der Waals surface area contributed by atoms with Crippen molar-refractivity contribution < 1.29 is 19.8 Å². The maximum Gasteiger partial charge on any atom is 0.324 e. The van der Waals surface area contributed by atoms with Crippen molar-refractivity contribution in [2.75, 3.05) is 6.61 Å². The van der Waals surface area contributed by atoms with E-state index >= 15 is 0 Å². The van der Waals surface area contributed by atoms with E-state index in [4.69, 9.17) is 10.2 Å². The van der Waals surface area contributed by atoms with Crippen LogP contribution in [0.1, 0.15) is 51.4 Å². The highest BCUT2D eigenvalue weighted by Crippen LogP contribution is 2.27. The van der Waals surface area contributed by atoms with Crippen LogP contribution in [-0.2, 0) is 9.59 Å². The number of carbonyl (C=O) groups excluding carboxylic acids is 1. The molecule has 0 heterocycles. The van der Waals surface area contributed by atoms with Gasteiger partial charge in [0.1, 0.15) is 6.04 Å². The SMILES string of the molecule is Cl.O=C(CCCC1CCCCC1)NN[C@@H](CO)C(=O)O. The number of hydrogen-bond donors (Lipinski definition) is 4. The van der Waals surface area contributed by atoms with E-state index in [1.807, 2.05) is 0 Å². The molecule has 1 atom stereocenters. The van der Waals surface area contributed by atoms with Crippen molar-refractivity contribution in [1.82, 2.24) is 10.9 Å². The maximum atomic E-state index is 11.5. The monoisotopic (exact) mass is 308 g/mol. The van der Waals surface area contributed by atoms with E-state index in [-0.39, 0.29) is 18.3 Å². The molecule has 0 aliphatic heterocycles. The third-order valence-electron chi connectivity index (χ3n) is 3.61. The minimum absolute atomic E-state index is 0. The average molecular weight is 309 g/mol. The second-order valence-electron chi connectivity index (χ2n) is 5.16. The second-order valence-corrected chi connectivity index (χ2v) is 5.16. The molecule has 0 bridgehead atoms. The summed E-state index contributed by atoms with van der Waals surface area (Å²) in [4.78, 5) is 22.1. The minimum atomic E-state index is -1.19. The van der Waals surface area contributed by atoms with Crippen molar-refractivity contribution >= 4 is 24.3 Å². The van der Waals surface area contributed by atoms with Crippen molar-refractivity contribution in [2.24, 2.45) is 5.92 Å². The number of hydrazine groups is 1. The average Bonchev–Trinajstić information content (AvgIpc) is 2.40. The fourth-order valence-corrected chi connectivity index (χ4v) is 2.44. The lowest BCUT2D eigenvalue weighted by atomic mass is 9.86. The van der Waals surface area contributed by atoms with Gasteiger partial charge >= 0.3 is 5.97 Å². The smallest absolute Gasteiger partial charge is 0.324 e. The summed E-state index contributed by atoms with van der Waals surface area (Å²) < 4.78 is 0. The number of carboxylic acids is 1. The predicted octanol–water partition coefficient (Wildman–Crippen LogP) is 1.23. The van der Waals surface area contributed by atoms with Gasteiger partial charge in [-0.15, -0.1) is 12.4 Å². The molecule has 118 valence electrons. The van der Waals surface area contributed by atoms with E-state index in [1.165, 1.54) is 32.1 Å². The molecular formula is C13H25ClN2O4. The molecule has 1 amide bonds. The minimum Gasteiger partial charge on any atom is -0.480 e. The lowest BCUT2D eigenvalue weighted by molar-refractivity contribution is -0.141. The number of aliphatic hydroxyl groups is 1. The number of hydrogen-bond acceptors (Lipinski definition) is 4. The van der Waals surface area contributed by atoms with E-state index < -0.39 is 18.6 Å². The molecule has 0 aromatic heterocycles. The van der Waals surface area contributed by atoms with Gasteiger partial charge in [0.2, 0.25) is 5.91 Å². The molecule has 0 radical (unpaired) electrons. The first-order valence-electron chi connectivity index (χ1n) is 7.01. The summed E-state index contributed by atoms with van der Waals surface area (Å²) in [5.74, 6) is -0.667. The number of carbonyl (C=O) groups is 2. The molecule has 0 aromatic rings. The van der Waals surface area contributed by atoms with Gasteiger partial charge in [0.05, 0.1) is 6.61 Å². The maximum absolute atomic E-state index is 11.5. The Labute approximate surface area is 125 Å². The number of halogens is 1. The van der Waals surface area contributed by atoms with Gasteiger partial charge in [0, 0.05) is 6.42 Å². The van der Waals surface area contributed by atoms with Crippen LogP contribution in [0.4, 0.5) is 0 Å². The molecule has 4 N–H and O–H groups in total. The summed E-state index contributed by atoms with van der Waals surface area (Å²) in [5.41, 5.74) is 4.63. The fourth-order valence-electron chi connectivity index (χ4n) is 2.44. The van der Waals surface area contributed by atoms with Gasteiger partial charge < -0.3 is 10.2 Å². The zero-order valence-electron chi connectivity index (χ0n) is 11.6. The third kappa shape index (κ3) is 7.67. The number of rotatable bonds is 8. The van der Waals surface area contributed by atoms with Crippen molar-refractivity contribution in [3.05, 3.63) is 0 Å². The van der Waals surface area contributed by atoms with Gasteiger partial charge in [-0.3, -0.25) is 15.0 Å². The van der Waals surface area contributed by atoms with Crippen LogP contribution in [0.25, 0.3) is 0 Å². The predicted molar refractivity (Wildman–Crippen MR) is 77.5 cm³/mol. The largest absolute Gasteiger partial charge is 0.480 e. The molecular weight excluding hydrogens is 284 g/mol. The lowest BCUT2D eigenvalue weighted by Gasteiger charge is -2.21. The Balaban J connectivity index is 0.00000361. The van der Waals surface area contributed by atoms with Gasteiger partial charge in [-0.1, -0.05) is 32.1 Å². The zero-order chi connectivity index (χ0) is 14.1. The Bertz CT molecular complexity index is 296. The number of carboxylic acid groups (broad SMARTS) is 1. The topological polar surface area (TPSA) is 98.7 Å². The van der Waals surface area contributed by atoms with Gasteiger partial charge in [0.25, 0.3) is 0 Å². The molecule has 7 heteroatoms. The molecule has 1 aliphatic rings. The summed E-state index contributed by atoms with van der Waals surface area (Å²) in [6, 6.07) is -1.15. The van der Waals surface area contributed by atoms with E-state index in [1.54, 1.807) is 0 Å². The summed E-state index contributed by atoms with van der Waals surface area (Å²) in [6.45, 7) is -0.558. The molecule has 1 saturated carbocycles. The van der Waals surface area contributed by atoms with Crippen LogP contribution >= 0.6 is 12.4 Å². The van der Waals surface area contributed by atoms with Crippen LogP contribution in [0, 0.1) is 5.92 Å². The summed E-state index contributed by atoms with van der Waals surface area (Å²) in [5, 5.41) is 17.4. The molecule has 20 heavy (non-hydrogen) atoms. The normalized spacial score (nSPS) is 17.1. The standard InChI is InChI=1S/C13H24N2O4.ClH/c16-9-11(13(18)19)14-15-12(17)8-4-7-10-5-2-1-3-6-10;/h10-11,14,16H,1-9H2,(H,15,17)(H,18,19);1H/t11-;/m0./s1. The van der Waals surface area contributed by atoms with Crippen LogP contribution in [0.2, 0.25) is 0 Å². The van der Waals surface area contributed by atoms with Crippen LogP contribution in [0.5, 0.6) is 0 Å². The van der Waals surface area contributed by atoms with Crippen LogP contribution < -0.4 is 10.9 Å². The van der Waals surface area contributed by atoms with Crippen molar-refractivity contribution in [2.45, 2.75) is 57.4 Å². The number of aliphatic hydroxyl groups excluding tert-OH is 1. The molecule has 1 fully saturated rings. The first-order valence-corrected chi connectivity index (χ1v) is 7.01. The Kier molecular flexibility index (Phi) is 10.4. The molecule has 6 nitrogen and oxygen atoms in total. The van der Waals surface area contributed by atoms with Gasteiger partial charge in [-0.2, -0.15) is 0 Å². The molecule has 0 aromatic carbocycles. The Morgan fingerprint density at radius 3 is 2.40 bits per heavy atom. The van der Waals surface area contributed by atoms with Gasteiger partial charge in [-0.25, -0.2) is 5.43 Å². The second kappa shape index (κ2) is 10.9. The Hall–Kier alpha value is -0.850. The summed E-state index contributed by atoms with van der Waals surface area (Å²) in [7, 11) is 0. The van der Waals surface area contributed by atoms with Crippen molar-refractivity contribution in [1.29, 1.82) is 0 Å². The summed E-state index contributed by atoms with van der Waals surface area (Å²) in [6.07, 6.45) is 8.76. The van der Waals surface area contributed by atoms with E-state index in [2.05, 4.69) is 10.9 Å². The highest BCUT2D eigenvalue weighted by atomic mass is 35.5. The number of aliphatic carboxylic acids is 1. The highest BCUT2D eigenvalue weighted by molar-refractivity contribution is 5.85. The fraction of sp³-hybridized carbons (Fsp3) is 0.846. The first-order chi connectivity index (χ1) is 9.13. The number of nitrogens with one attached hydrogen (secondary N) is 2. The molecule has 0 spiro atoms. The molecule has 1 aliphatic carbocycles. The first kappa shape index (κ1) is 19.1. The van der Waals surface area contributed by atoms with Crippen LogP contribution in [0.15, 0.2) is 0 Å². The van der Waals surface area contributed by atoms with Crippen molar-refractivity contribution in [3.63, 3.8) is 0 Å². The number of amides is 1. The Morgan fingerprint density at radius 1 is 1.20 bits per heavy atom. The lowest BCUT2D eigenvalue weighted by Crippen LogP contribution is -2.49. The van der Waals surface area contributed by atoms with Gasteiger partial charge in [0.15, 0.2) is 0 Å². The Morgan fingerprint density at radius 2 is 1.85 bits per heavy atom. The van der Waals surface area contributed by atoms with Crippen LogP contribution in [-0.4, -0.2) is 34.7 Å². The van der Waals surface area contributed by atoms with Gasteiger partial charge in [-0.05, 0) is 18.8 Å². The van der Waals surface area contributed by atoms with E-state index in [0.717, 1.165) is 18.8 Å². The highest BCUT2D eigenvalue weighted by Gasteiger charge is 2.17. The molecule has 0 unspecified atom stereocenters. The zero-order valence-corrected chi connectivity index (χ0v) is 12.5. The molecule has 0 saturated heterocycles.